The molecule has 0 fully saturated rings. The summed E-state index contributed by atoms with van der Waals surface area (Å²) in [4.78, 5) is 0. The van der Waals surface area contributed by atoms with Crippen LogP contribution in [0.4, 0.5) is 0 Å². The molecule has 0 aliphatic heterocycles. The summed E-state index contributed by atoms with van der Waals surface area (Å²) in [6.07, 6.45) is 3.56. The molecule has 6 heteroatoms. The third-order valence-corrected chi connectivity index (χ3v) is 2.51. The average Bonchev–Trinajstić information content (AvgIpc) is 2.90. The lowest BCUT2D eigenvalue weighted by Gasteiger charge is -2.06. The van der Waals surface area contributed by atoms with E-state index in [2.05, 4.69) is 32.6 Å². The number of aromatic amines is 1. The summed E-state index contributed by atoms with van der Waals surface area (Å²) in [7, 11) is 0. The normalized spacial score (nSPS) is 11.9. The molecule has 1 heterocycles. The number of aromatic nitrogens is 3. The predicted octanol–water partition coefficient (Wildman–Crippen LogP) is 0.118. The van der Waals surface area contributed by atoms with Crippen LogP contribution in [0.1, 0.15) is 25.5 Å². The molecule has 1 aromatic heterocycles. The van der Waals surface area contributed by atoms with E-state index >= 15 is 0 Å². The van der Waals surface area contributed by atoms with Crippen LogP contribution >= 0.6 is 0 Å². The lowest BCUT2D eigenvalue weighted by atomic mass is 10.3. The molecule has 0 aromatic carbocycles. The number of nitrogens with zero attached hydrogens (tertiary/aromatic N) is 2. The van der Waals surface area contributed by atoms with Gasteiger partial charge in [0.15, 0.2) is 0 Å². The Hall–Kier alpha value is -1.42. The summed E-state index contributed by atoms with van der Waals surface area (Å²) in [6, 6.07) is 0. The van der Waals surface area contributed by atoms with Gasteiger partial charge in [-0.1, -0.05) is 5.92 Å². The summed E-state index contributed by atoms with van der Waals surface area (Å²) in [5, 5.41) is 22.9. The third-order valence-electron chi connectivity index (χ3n) is 2.51. The minimum atomic E-state index is -0.564. The van der Waals surface area contributed by atoms with Crippen molar-refractivity contribution >= 4 is 0 Å². The van der Waals surface area contributed by atoms with Crippen LogP contribution in [0.3, 0.4) is 0 Å². The van der Waals surface area contributed by atoms with E-state index in [0.717, 1.165) is 31.6 Å². The Labute approximate surface area is 113 Å². The van der Waals surface area contributed by atoms with Crippen LogP contribution in [-0.2, 0) is 11.2 Å². The van der Waals surface area contributed by atoms with Gasteiger partial charge in [0.2, 0.25) is 0 Å². The molecule has 106 valence electrons. The first kappa shape index (κ1) is 15.6. The van der Waals surface area contributed by atoms with Gasteiger partial charge >= 0.3 is 0 Å². The van der Waals surface area contributed by atoms with Crippen molar-refractivity contribution < 1.29 is 9.84 Å². The van der Waals surface area contributed by atoms with Crippen molar-refractivity contribution in [2.75, 3.05) is 26.3 Å². The standard InChI is InChI=1S/C13H22N4O2/c1-2-4-13(18)6-10-19-9-3-7-14-8-5-12-11-15-17-16-12/h11,13-14,18H,3,5-10H2,1H3,(H,15,16,17). The molecular formula is C13H22N4O2. The summed E-state index contributed by atoms with van der Waals surface area (Å²) in [5.74, 6) is 5.35. The minimum Gasteiger partial charge on any atom is -0.381 e. The molecule has 6 nitrogen and oxygen atoms in total. The zero-order valence-electron chi connectivity index (χ0n) is 11.4. The number of aliphatic hydroxyl groups excluding tert-OH is 1. The van der Waals surface area contributed by atoms with Crippen molar-refractivity contribution in [2.45, 2.75) is 32.3 Å². The molecule has 1 atom stereocenters. The Morgan fingerprint density at radius 3 is 3.11 bits per heavy atom. The van der Waals surface area contributed by atoms with Crippen LogP contribution in [0, 0.1) is 11.8 Å². The molecule has 0 aliphatic rings. The molecule has 0 aliphatic carbocycles. The molecule has 1 aromatic rings. The molecule has 1 unspecified atom stereocenters. The zero-order chi connectivity index (χ0) is 13.8. The first-order chi connectivity index (χ1) is 9.33. The molecule has 0 saturated carbocycles. The second kappa shape index (κ2) is 10.5. The second-order valence-electron chi connectivity index (χ2n) is 4.13. The maximum atomic E-state index is 9.33. The van der Waals surface area contributed by atoms with Crippen LogP contribution in [-0.4, -0.2) is 52.9 Å². The van der Waals surface area contributed by atoms with E-state index in [9.17, 15) is 5.11 Å². The van der Waals surface area contributed by atoms with E-state index in [1.165, 1.54) is 0 Å². The SMILES string of the molecule is CC#CC(O)CCOCCCNCCc1cn[nH]n1. The molecule has 0 radical (unpaired) electrons. The summed E-state index contributed by atoms with van der Waals surface area (Å²) in [5.41, 5.74) is 0.967. The van der Waals surface area contributed by atoms with Crippen molar-refractivity contribution in [3.05, 3.63) is 11.9 Å². The fraction of sp³-hybridized carbons (Fsp3) is 0.692. The highest BCUT2D eigenvalue weighted by Gasteiger charge is 1.98. The van der Waals surface area contributed by atoms with Crippen molar-refractivity contribution in [1.82, 2.24) is 20.7 Å². The van der Waals surface area contributed by atoms with Crippen LogP contribution in [0.25, 0.3) is 0 Å². The van der Waals surface area contributed by atoms with Gasteiger partial charge in [-0.25, -0.2) is 0 Å². The van der Waals surface area contributed by atoms with Crippen molar-refractivity contribution in [1.29, 1.82) is 0 Å². The molecular weight excluding hydrogens is 244 g/mol. The Kier molecular flexibility index (Phi) is 8.64. The largest absolute Gasteiger partial charge is 0.381 e. The number of hydrogen-bond donors (Lipinski definition) is 3. The maximum Gasteiger partial charge on any atom is 0.116 e. The van der Waals surface area contributed by atoms with Crippen LogP contribution in [0.2, 0.25) is 0 Å². The Balaban J connectivity index is 1.82. The molecule has 0 amide bonds. The Morgan fingerprint density at radius 1 is 1.47 bits per heavy atom. The highest BCUT2D eigenvalue weighted by atomic mass is 16.5. The molecule has 0 bridgehead atoms. The van der Waals surface area contributed by atoms with Crippen molar-refractivity contribution in [3.63, 3.8) is 0 Å². The lowest BCUT2D eigenvalue weighted by molar-refractivity contribution is 0.0995. The maximum absolute atomic E-state index is 9.33. The van der Waals surface area contributed by atoms with Gasteiger partial charge in [-0.3, -0.25) is 0 Å². The predicted molar refractivity (Wildman–Crippen MR) is 72.5 cm³/mol. The van der Waals surface area contributed by atoms with Gasteiger partial charge in [-0.2, -0.15) is 15.4 Å². The number of H-pyrrole nitrogens is 1. The highest BCUT2D eigenvalue weighted by molar-refractivity contribution is 5.01. The average molecular weight is 266 g/mol. The molecule has 0 saturated heterocycles. The monoisotopic (exact) mass is 266 g/mol. The third kappa shape index (κ3) is 8.32. The van der Waals surface area contributed by atoms with Gasteiger partial charge in [0.05, 0.1) is 11.9 Å². The van der Waals surface area contributed by atoms with Gasteiger partial charge in [-0.05, 0) is 19.9 Å². The first-order valence-corrected chi connectivity index (χ1v) is 6.56. The highest BCUT2D eigenvalue weighted by Crippen LogP contribution is 1.92. The van der Waals surface area contributed by atoms with Gasteiger partial charge in [0, 0.05) is 32.6 Å². The lowest BCUT2D eigenvalue weighted by Crippen LogP contribution is -2.20. The van der Waals surface area contributed by atoms with E-state index in [0.29, 0.717) is 19.6 Å². The summed E-state index contributed by atoms with van der Waals surface area (Å²) in [6.45, 7) is 4.76. The smallest absolute Gasteiger partial charge is 0.116 e. The fourth-order valence-electron chi connectivity index (χ4n) is 1.52. The zero-order valence-corrected chi connectivity index (χ0v) is 11.4. The molecule has 1 rings (SSSR count). The van der Waals surface area contributed by atoms with E-state index in [-0.39, 0.29) is 0 Å². The van der Waals surface area contributed by atoms with Crippen LogP contribution in [0.15, 0.2) is 6.20 Å². The number of hydrogen-bond acceptors (Lipinski definition) is 5. The number of aliphatic hydroxyl groups is 1. The van der Waals surface area contributed by atoms with Crippen molar-refractivity contribution in [3.8, 4) is 11.8 Å². The van der Waals surface area contributed by atoms with Crippen LogP contribution < -0.4 is 5.32 Å². The fourth-order valence-corrected chi connectivity index (χ4v) is 1.52. The summed E-state index contributed by atoms with van der Waals surface area (Å²) >= 11 is 0. The van der Waals surface area contributed by atoms with Crippen LogP contribution in [0.5, 0.6) is 0 Å². The van der Waals surface area contributed by atoms with Gasteiger partial charge in [0.25, 0.3) is 0 Å². The number of rotatable bonds is 10. The Morgan fingerprint density at radius 2 is 2.37 bits per heavy atom. The van der Waals surface area contributed by atoms with Gasteiger partial charge < -0.3 is 15.2 Å². The second-order valence-corrected chi connectivity index (χ2v) is 4.13. The van der Waals surface area contributed by atoms with E-state index in [4.69, 9.17) is 4.74 Å². The van der Waals surface area contributed by atoms with E-state index in [1.54, 1.807) is 13.1 Å². The van der Waals surface area contributed by atoms with Gasteiger partial charge in [-0.15, -0.1) is 5.92 Å². The van der Waals surface area contributed by atoms with Gasteiger partial charge in [0.1, 0.15) is 6.10 Å². The molecule has 3 N–H and O–H groups in total. The molecule has 0 spiro atoms. The van der Waals surface area contributed by atoms with Crippen molar-refractivity contribution in [2.24, 2.45) is 0 Å². The van der Waals surface area contributed by atoms with E-state index < -0.39 is 6.10 Å². The quantitative estimate of drug-likeness (QED) is 0.414. The minimum absolute atomic E-state index is 0.550. The first-order valence-electron chi connectivity index (χ1n) is 6.56. The number of ether oxygens (including phenoxy) is 1. The Bertz CT molecular complexity index is 370. The van der Waals surface area contributed by atoms with E-state index in [1.807, 2.05) is 0 Å². The number of nitrogens with one attached hydrogen (secondary N) is 2. The summed E-state index contributed by atoms with van der Waals surface area (Å²) < 4.78 is 5.41. The molecule has 19 heavy (non-hydrogen) atoms. The topological polar surface area (TPSA) is 83.1 Å².